The summed E-state index contributed by atoms with van der Waals surface area (Å²) >= 11 is 0. The van der Waals surface area contributed by atoms with E-state index >= 15 is 0 Å². The van der Waals surface area contributed by atoms with Crippen molar-refractivity contribution >= 4 is 22.2 Å². The summed E-state index contributed by atoms with van der Waals surface area (Å²) in [6.45, 7) is 4.40. The maximum atomic E-state index is 11.6. The summed E-state index contributed by atoms with van der Waals surface area (Å²) < 4.78 is 23.1. The number of fused-ring (bicyclic) bond motifs is 1. The largest absolute Gasteiger partial charge is 0.327 e. The summed E-state index contributed by atoms with van der Waals surface area (Å²) in [5, 5.41) is 0. The first-order valence-electron chi connectivity index (χ1n) is 8.16. The quantitative estimate of drug-likeness (QED) is 0.902. The summed E-state index contributed by atoms with van der Waals surface area (Å²) in [5.74, 6) is 1.37. The highest BCUT2D eigenvalue weighted by molar-refractivity contribution is 7.90. The highest BCUT2D eigenvalue weighted by Gasteiger charge is 2.40. The molecule has 3 rings (SSSR count). The van der Waals surface area contributed by atoms with Crippen molar-refractivity contribution in [3.8, 4) is 0 Å². The first kappa shape index (κ1) is 18.7. The van der Waals surface area contributed by atoms with Crippen molar-refractivity contribution in [3.63, 3.8) is 0 Å². The van der Waals surface area contributed by atoms with Crippen LogP contribution in [0.4, 0.5) is 0 Å². The molecule has 1 aromatic rings. The van der Waals surface area contributed by atoms with Gasteiger partial charge in [0.15, 0.2) is 9.84 Å². The minimum atomic E-state index is -3.12. The van der Waals surface area contributed by atoms with E-state index in [-0.39, 0.29) is 12.4 Å². The van der Waals surface area contributed by atoms with E-state index < -0.39 is 9.84 Å². The predicted molar refractivity (Wildman–Crippen MR) is 95.6 cm³/mol. The molecule has 23 heavy (non-hydrogen) atoms. The fraction of sp³-hybridized carbons (Fsp3) is 0.647. The summed E-state index contributed by atoms with van der Waals surface area (Å²) in [6.07, 6.45) is 4.96. The Bertz CT molecular complexity index is 632. The Morgan fingerprint density at radius 3 is 2.39 bits per heavy atom. The first-order valence-corrected chi connectivity index (χ1v) is 10.0. The number of likely N-dealkylation sites (tertiary alicyclic amines) is 1. The molecule has 0 amide bonds. The van der Waals surface area contributed by atoms with E-state index in [0.29, 0.717) is 22.9 Å². The lowest BCUT2D eigenvalue weighted by molar-refractivity contribution is 0.245. The third-order valence-electron chi connectivity index (χ3n) is 5.52. The smallest absolute Gasteiger partial charge is 0.175 e. The van der Waals surface area contributed by atoms with Crippen molar-refractivity contribution in [2.45, 2.75) is 43.2 Å². The van der Waals surface area contributed by atoms with E-state index in [1.54, 1.807) is 12.1 Å². The molecule has 4 nitrogen and oxygen atoms in total. The van der Waals surface area contributed by atoms with Crippen LogP contribution in [0.25, 0.3) is 0 Å². The van der Waals surface area contributed by atoms with E-state index in [0.717, 1.165) is 25.4 Å². The van der Waals surface area contributed by atoms with E-state index in [9.17, 15) is 8.42 Å². The Hall–Kier alpha value is -0.620. The fourth-order valence-electron chi connectivity index (χ4n) is 4.07. The van der Waals surface area contributed by atoms with Gasteiger partial charge in [-0.15, -0.1) is 12.4 Å². The molecule has 2 aliphatic rings. The van der Waals surface area contributed by atoms with Gasteiger partial charge in [0.1, 0.15) is 0 Å². The summed E-state index contributed by atoms with van der Waals surface area (Å²) in [6, 6.07) is 7.99. The highest BCUT2D eigenvalue weighted by Crippen LogP contribution is 2.38. The van der Waals surface area contributed by atoms with Gasteiger partial charge in [0, 0.05) is 31.4 Å². The second kappa shape index (κ2) is 7.09. The van der Waals surface area contributed by atoms with Crippen LogP contribution in [0.2, 0.25) is 0 Å². The number of rotatable bonds is 3. The lowest BCUT2D eigenvalue weighted by atomic mass is 9.78. The van der Waals surface area contributed by atoms with E-state index in [1.165, 1.54) is 24.7 Å². The third kappa shape index (κ3) is 3.90. The van der Waals surface area contributed by atoms with Gasteiger partial charge in [0.2, 0.25) is 0 Å². The van der Waals surface area contributed by atoms with E-state index in [1.807, 2.05) is 12.1 Å². The maximum absolute atomic E-state index is 11.6. The molecule has 0 spiro atoms. The minimum absolute atomic E-state index is 0. The molecule has 4 atom stereocenters. The average Bonchev–Trinajstić information content (AvgIpc) is 2.91. The van der Waals surface area contributed by atoms with Crippen molar-refractivity contribution in [1.82, 2.24) is 4.90 Å². The molecule has 1 saturated heterocycles. The number of sulfone groups is 1. The van der Waals surface area contributed by atoms with Gasteiger partial charge in [-0.05, 0) is 49.3 Å². The molecule has 2 N–H and O–H groups in total. The second-order valence-electron chi connectivity index (χ2n) is 6.99. The van der Waals surface area contributed by atoms with Gasteiger partial charge >= 0.3 is 0 Å². The minimum Gasteiger partial charge on any atom is -0.327 e. The Morgan fingerprint density at radius 2 is 1.83 bits per heavy atom. The number of benzene rings is 1. The molecule has 1 saturated carbocycles. The summed E-state index contributed by atoms with van der Waals surface area (Å²) in [7, 11) is -3.12. The molecule has 2 fully saturated rings. The van der Waals surface area contributed by atoms with Crippen molar-refractivity contribution in [2.75, 3.05) is 19.3 Å². The SMILES string of the molecule is CC(c1ccc(S(C)(=O)=O)cc1)N1CC2CCCC(N)C2C1.Cl. The average molecular weight is 359 g/mol. The second-order valence-corrected chi connectivity index (χ2v) is 9.01. The topological polar surface area (TPSA) is 63.4 Å². The highest BCUT2D eigenvalue weighted by atomic mass is 35.5. The molecule has 4 unspecified atom stereocenters. The normalized spacial score (nSPS) is 29.6. The van der Waals surface area contributed by atoms with Gasteiger partial charge in [-0.3, -0.25) is 4.90 Å². The van der Waals surface area contributed by atoms with Gasteiger partial charge in [0.25, 0.3) is 0 Å². The van der Waals surface area contributed by atoms with Crippen LogP contribution in [-0.2, 0) is 9.84 Å². The Kier molecular flexibility index (Phi) is 5.77. The number of hydrogen-bond donors (Lipinski definition) is 1. The lowest BCUT2D eigenvalue weighted by Gasteiger charge is -2.30. The molecule has 1 aliphatic heterocycles. The van der Waals surface area contributed by atoms with Crippen molar-refractivity contribution < 1.29 is 8.42 Å². The zero-order chi connectivity index (χ0) is 15.9. The Morgan fingerprint density at radius 1 is 1.17 bits per heavy atom. The molecule has 1 aliphatic carbocycles. The third-order valence-corrected chi connectivity index (χ3v) is 6.65. The molecule has 0 bridgehead atoms. The Balaban J connectivity index is 0.00000192. The number of halogens is 1. The van der Waals surface area contributed by atoms with E-state index in [2.05, 4.69) is 11.8 Å². The molecule has 1 heterocycles. The molecule has 1 aromatic carbocycles. The standard InChI is InChI=1S/C17H26N2O2S.ClH/c1-12(13-6-8-15(9-7-13)22(2,20)21)19-10-14-4-3-5-17(18)16(14)11-19;/h6-9,12,14,16-17H,3-5,10-11,18H2,1-2H3;1H. The molecule has 0 aromatic heterocycles. The fourth-order valence-corrected chi connectivity index (χ4v) is 4.70. The molecule has 6 heteroatoms. The van der Waals surface area contributed by atoms with Crippen molar-refractivity contribution in [1.29, 1.82) is 0 Å². The van der Waals surface area contributed by atoms with Gasteiger partial charge in [0.05, 0.1) is 4.90 Å². The maximum Gasteiger partial charge on any atom is 0.175 e. The van der Waals surface area contributed by atoms with Crippen LogP contribution in [0.1, 0.15) is 37.8 Å². The Labute approximate surface area is 145 Å². The van der Waals surface area contributed by atoms with Crippen LogP contribution in [0.5, 0.6) is 0 Å². The summed E-state index contributed by atoms with van der Waals surface area (Å²) in [4.78, 5) is 2.90. The van der Waals surface area contributed by atoms with Gasteiger partial charge < -0.3 is 5.73 Å². The van der Waals surface area contributed by atoms with Crippen LogP contribution in [-0.4, -0.2) is 38.7 Å². The zero-order valence-corrected chi connectivity index (χ0v) is 15.4. The van der Waals surface area contributed by atoms with Crippen LogP contribution >= 0.6 is 12.4 Å². The molecular weight excluding hydrogens is 332 g/mol. The van der Waals surface area contributed by atoms with E-state index in [4.69, 9.17) is 5.73 Å². The van der Waals surface area contributed by atoms with Crippen LogP contribution in [0, 0.1) is 11.8 Å². The zero-order valence-electron chi connectivity index (χ0n) is 13.8. The van der Waals surface area contributed by atoms with Gasteiger partial charge in [-0.25, -0.2) is 8.42 Å². The van der Waals surface area contributed by atoms with Crippen molar-refractivity contribution in [3.05, 3.63) is 29.8 Å². The number of hydrogen-bond acceptors (Lipinski definition) is 4. The first-order chi connectivity index (χ1) is 10.4. The number of nitrogens with zero attached hydrogens (tertiary/aromatic N) is 1. The molecule has 0 radical (unpaired) electrons. The predicted octanol–water partition coefficient (Wildman–Crippen LogP) is 2.63. The van der Waals surface area contributed by atoms with Crippen LogP contribution in [0.3, 0.4) is 0 Å². The molecule has 130 valence electrons. The van der Waals surface area contributed by atoms with Gasteiger partial charge in [-0.2, -0.15) is 0 Å². The summed E-state index contributed by atoms with van der Waals surface area (Å²) in [5.41, 5.74) is 7.48. The van der Waals surface area contributed by atoms with Crippen LogP contribution in [0.15, 0.2) is 29.2 Å². The van der Waals surface area contributed by atoms with Crippen molar-refractivity contribution in [2.24, 2.45) is 17.6 Å². The van der Waals surface area contributed by atoms with Crippen LogP contribution < -0.4 is 5.73 Å². The monoisotopic (exact) mass is 358 g/mol. The number of nitrogens with two attached hydrogens (primary N) is 1. The lowest BCUT2D eigenvalue weighted by Crippen LogP contribution is -2.38. The van der Waals surface area contributed by atoms with Gasteiger partial charge in [-0.1, -0.05) is 18.6 Å². The molecular formula is C17H27ClN2O2S.